The Balaban J connectivity index is 1.74. The van der Waals surface area contributed by atoms with Crippen LogP contribution in [0.25, 0.3) is 9.81 Å². The van der Waals surface area contributed by atoms with Gasteiger partial charge in [0.1, 0.15) is 0 Å². The van der Waals surface area contributed by atoms with Crippen molar-refractivity contribution in [2.24, 2.45) is 4.99 Å². The van der Waals surface area contributed by atoms with Gasteiger partial charge in [0, 0.05) is 15.4 Å². The Hall–Kier alpha value is -3.43. The highest BCUT2D eigenvalue weighted by molar-refractivity contribution is 8.16. The molecule has 0 aromatic heterocycles. The number of carbonyl (C=O) groups is 1. The van der Waals surface area contributed by atoms with E-state index >= 15 is 0 Å². The Kier molecular flexibility index (Phi) is 5.92. The Labute approximate surface area is 181 Å². The summed E-state index contributed by atoms with van der Waals surface area (Å²) in [7, 11) is 0. The van der Waals surface area contributed by atoms with Crippen LogP contribution in [0.1, 0.15) is 18.1 Å². The van der Waals surface area contributed by atoms with Crippen molar-refractivity contribution in [3.05, 3.63) is 132 Å². The van der Waals surface area contributed by atoms with Crippen molar-refractivity contribution in [3.63, 3.8) is 0 Å². The molecule has 0 radical (unpaired) electrons. The molecule has 146 valence electrons. The van der Waals surface area contributed by atoms with Gasteiger partial charge >= 0.3 is 0 Å². The van der Waals surface area contributed by atoms with E-state index in [2.05, 4.69) is 72.3 Å². The maximum Gasteiger partial charge on any atom is 0.272 e. The number of thioether (sulfide) groups is 1. The number of hydrogen-bond donors (Lipinski definition) is 0. The van der Waals surface area contributed by atoms with Gasteiger partial charge in [-0.2, -0.15) is 0 Å². The second-order valence-corrected chi connectivity index (χ2v) is 8.13. The summed E-state index contributed by atoms with van der Waals surface area (Å²) < 4.78 is 0. The molecule has 1 aliphatic heterocycles. The topological polar surface area (TPSA) is 29.4 Å². The molecule has 0 N–H and O–H groups in total. The van der Waals surface area contributed by atoms with Crippen molar-refractivity contribution in [2.75, 3.05) is 0 Å². The van der Waals surface area contributed by atoms with Crippen LogP contribution < -0.4 is 0 Å². The zero-order valence-corrected chi connectivity index (χ0v) is 17.5. The summed E-state index contributed by atoms with van der Waals surface area (Å²) in [5, 5.41) is 0. The molecule has 1 amide bonds. The van der Waals surface area contributed by atoms with E-state index in [4.69, 9.17) is 0 Å². The van der Waals surface area contributed by atoms with Crippen LogP contribution in [-0.4, -0.2) is 11.6 Å². The van der Waals surface area contributed by atoms with Gasteiger partial charge in [-0.05, 0) is 53.5 Å². The average Bonchev–Trinajstić information content (AvgIpc) is 2.80. The van der Waals surface area contributed by atoms with Crippen LogP contribution in [0.15, 0.2) is 125 Å². The van der Waals surface area contributed by atoms with Gasteiger partial charge < -0.3 is 0 Å². The van der Waals surface area contributed by atoms with Gasteiger partial charge in [0.05, 0.1) is 5.71 Å². The van der Waals surface area contributed by atoms with Gasteiger partial charge in [0.15, 0.2) is 0 Å². The first-order chi connectivity index (χ1) is 14.6. The van der Waals surface area contributed by atoms with Crippen molar-refractivity contribution in [1.82, 2.24) is 0 Å². The monoisotopic (exact) mass is 407 g/mol. The molecule has 30 heavy (non-hydrogen) atoms. The lowest BCUT2D eigenvalue weighted by atomic mass is 9.99. The first-order valence-corrected chi connectivity index (χ1v) is 10.5. The molecule has 0 unspecified atom stereocenters. The smallest absolute Gasteiger partial charge is 0.267 e. The third-order valence-corrected chi connectivity index (χ3v) is 5.85. The van der Waals surface area contributed by atoms with Gasteiger partial charge in [-0.15, -0.1) is 0 Å². The predicted molar refractivity (Wildman–Crippen MR) is 129 cm³/mol. The first-order valence-electron chi connectivity index (χ1n) is 9.71. The molecule has 0 bridgehead atoms. The van der Waals surface area contributed by atoms with Crippen LogP contribution in [-0.2, 0) is 4.79 Å². The van der Waals surface area contributed by atoms with E-state index in [0.29, 0.717) is 11.3 Å². The Morgan fingerprint density at radius 2 is 1.27 bits per heavy atom. The third kappa shape index (κ3) is 4.58. The minimum absolute atomic E-state index is 0.290. The molecule has 0 saturated heterocycles. The molecular weight excluding hydrogens is 386 g/mol. The van der Waals surface area contributed by atoms with Crippen LogP contribution in [0.5, 0.6) is 0 Å². The number of hydrogen-bond acceptors (Lipinski definition) is 2. The highest BCUT2D eigenvalue weighted by Crippen LogP contribution is 2.44. The fraction of sp³-hybridized carbons (Fsp3) is 0.0370. The normalized spacial score (nSPS) is 15.6. The lowest BCUT2D eigenvalue weighted by molar-refractivity contribution is -0.114. The van der Waals surface area contributed by atoms with Crippen LogP contribution in [0.3, 0.4) is 0 Å². The van der Waals surface area contributed by atoms with E-state index in [9.17, 15) is 4.79 Å². The fourth-order valence-corrected chi connectivity index (χ4v) is 4.22. The van der Waals surface area contributed by atoms with Crippen molar-refractivity contribution < 1.29 is 4.79 Å². The number of allylic oxidation sites excluding steroid dienone is 8. The molecule has 2 aliphatic rings. The van der Waals surface area contributed by atoms with Gasteiger partial charge in [0.25, 0.3) is 5.91 Å². The standard InChI is InChI=1S/C27H21NOS/c1-19(2)27(29)28-24-15-13-20(14-16-24)23-17-25(21-9-5-3-6-10-21)30-26(18-23)22-11-7-4-8-12-22/h3-18H,1H2,2H3. The van der Waals surface area contributed by atoms with Gasteiger partial charge in [0.2, 0.25) is 0 Å². The predicted octanol–water partition coefficient (Wildman–Crippen LogP) is 6.78. The maximum atomic E-state index is 11.8. The largest absolute Gasteiger partial charge is 0.272 e. The van der Waals surface area contributed by atoms with E-state index in [1.807, 2.05) is 36.4 Å². The molecule has 0 spiro atoms. The Bertz CT molecular complexity index is 1100. The van der Waals surface area contributed by atoms with Gasteiger partial charge in [-0.1, -0.05) is 91.2 Å². The number of rotatable bonds is 3. The van der Waals surface area contributed by atoms with Crippen molar-refractivity contribution in [1.29, 1.82) is 0 Å². The summed E-state index contributed by atoms with van der Waals surface area (Å²) in [6.07, 6.45) is 12.2. The lowest BCUT2D eigenvalue weighted by Crippen LogP contribution is -2.02. The second-order valence-electron chi connectivity index (χ2n) is 7.05. The van der Waals surface area contributed by atoms with Crippen LogP contribution in [0, 0.1) is 0 Å². The van der Waals surface area contributed by atoms with Crippen LogP contribution in [0.4, 0.5) is 0 Å². The summed E-state index contributed by atoms with van der Waals surface area (Å²) in [5.74, 6) is -0.290. The second kappa shape index (κ2) is 8.93. The zero-order valence-electron chi connectivity index (χ0n) is 16.7. The molecule has 4 rings (SSSR count). The summed E-state index contributed by atoms with van der Waals surface area (Å²) in [4.78, 5) is 18.3. The molecule has 1 heterocycles. The number of benzene rings is 2. The summed E-state index contributed by atoms with van der Waals surface area (Å²) in [6.45, 7) is 5.32. The van der Waals surface area contributed by atoms with E-state index in [1.54, 1.807) is 18.7 Å². The Morgan fingerprint density at radius 1 is 0.767 bits per heavy atom. The highest BCUT2D eigenvalue weighted by atomic mass is 32.2. The summed E-state index contributed by atoms with van der Waals surface area (Å²) in [6, 6.07) is 20.8. The minimum Gasteiger partial charge on any atom is -0.267 e. The van der Waals surface area contributed by atoms with Crippen molar-refractivity contribution in [2.45, 2.75) is 6.92 Å². The van der Waals surface area contributed by atoms with Crippen LogP contribution in [0.2, 0.25) is 0 Å². The highest BCUT2D eigenvalue weighted by Gasteiger charge is 2.16. The molecular formula is C27H21NOS. The summed E-state index contributed by atoms with van der Waals surface area (Å²) in [5.41, 5.74) is 5.67. The van der Waals surface area contributed by atoms with Crippen molar-refractivity contribution >= 4 is 33.2 Å². The van der Waals surface area contributed by atoms with Gasteiger partial charge in [-0.25, -0.2) is 4.99 Å². The van der Waals surface area contributed by atoms with E-state index in [-0.39, 0.29) is 5.91 Å². The quantitative estimate of drug-likeness (QED) is 0.525. The molecule has 2 aromatic rings. The lowest BCUT2D eigenvalue weighted by Gasteiger charge is -2.19. The number of aliphatic imine (C=N–C) groups is 1. The van der Waals surface area contributed by atoms with E-state index < -0.39 is 0 Å². The SMILES string of the molecule is C=C(C)C(=O)N=C1C=CC(=C2C=C(c3ccccc3)SC(c3ccccc3)=C2)C=C1. The minimum atomic E-state index is -0.290. The summed E-state index contributed by atoms with van der Waals surface area (Å²) >= 11 is 1.78. The fourth-order valence-electron chi connectivity index (χ4n) is 3.10. The molecule has 0 atom stereocenters. The molecule has 0 saturated carbocycles. The van der Waals surface area contributed by atoms with Gasteiger partial charge in [-0.3, -0.25) is 4.79 Å². The van der Waals surface area contributed by atoms with E-state index in [1.165, 1.54) is 20.9 Å². The van der Waals surface area contributed by atoms with Crippen LogP contribution >= 0.6 is 11.8 Å². The average molecular weight is 408 g/mol. The maximum absolute atomic E-state index is 11.8. The third-order valence-electron chi connectivity index (χ3n) is 4.71. The molecule has 1 aliphatic carbocycles. The number of nitrogens with zero attached hydrogens (tertiary/aromatic N) is 1. The molecule has 0 fully saturated rings. The number of carbonyl (C=O) groups excluding carboxylic acids is 1. The molecule has 2 nitrogen and oxygen atoms in total. The van der Waals surface area contributed by atoms with Crippen molar-refractivity contribution in [3.8, 4) is 0 Å². The molecule has 3 heteroatoms. The zero-order chi connectivity index (χ0) is 20.9. The van der Waals surface area contributed by atoms with E-state index in [0.717, 1.165) is 11.1 Å². The first kappa shape index (κ1) is 19.9. The number of amides is 1. The Morgan fingerprint density at radius 3 is 1.73 bits per heavy atom. The molecule has 2 aromatic carbocycles.